The molecule has 1 aliphatic heterocycles. The minimum absolute atomic E-state index is 0.239. The summed E-state index contributed by atoms with van der Waals surface area (Å²) in [5.74, 6) is 3.50. The van der Waals surface area contributed by atoms with Crippen LogP contribution < -0.4 is 23.7 Å². The van der Waals surface area contributed by atoms with Gasteiger partial charge in [-0.05, 0) is 61.4 Å². The summed E-state index contributed by atoms with van der Waals surface area (Å²) in [5.41, 5.74) is 2.73. The van der Waals surface area contributed by atoms with Crippen LogP contribution in [0.2, 0.25) is 0 Å². The summed E-state index contributed by atoms with van der Waals surface area (Å²) in [7, 11) is 4.82. The zero-order valence-electron chi connectivity index (χ0n) is 23.0. The van der Waals surface area contributed by atoms with Gasteiger partial charge >= 0.3 is 0 Å². The van der Waals surface area contributed by atoms with E-state index in [1.807, 2.05) is 71.6 Å². The van der Waals surface area contributed by atoms with Gasteiger partial charge in [0.2, 0.25) is 11.7 Å². The lowest BCUT2D eigenvalue weighted by Gasteiger charge is -2.17. The van der Waals surface area contributed by atoms with Crippen LogP contribution in [0.4, 0.5) is 5.69 Å². The lowest BCUT2D eigenvalue weighted by Crippen LogP contribution is -2.27. The molecule has 2 heterocycles. The van der Waals surface area contributed by atoms with Crippen LogP contribution in [0, 0.1) is 0 Å². The lowest BCUT2D eigenvalue weighted by atomic mass is 10.1. The molecule has 0 spiro atoms. The van der Waals surface area contributed by atoms with Crippen molar-refractivity contribution in [3.05, 3.63) is 76.9 Å². The Morgan fingerprint density at radius 3 is 2.20 bits per heavy atom. The molecule has 3 aromatic carbocycles. The van der Waals surface area contributed by atoms with Gasteiger partial charge in [0, 0.05) is 37.0 Å². The molecule has 9 heteroatoms. The topological polar surface area (TPSA) is 74.5 Å². The molecule has 1 aromatic heterocycles. The minimum atomic E-state index is 0.239. The van der Waals surface area contributed by atoms with E-state index in [1.54, 1.807) is 32.7 Å². The average Bonchev–Trinajstić information content (AvgIpc) is 3.59. The van der Waals surface area contributed by atoms with Crippen molar-refractivity contribution >= 4 is 22.9 Å². The highest BCUT2D eigenvalue weighted by atomic mass is 32.1. The third kappa shape index (κ3) is 6.15. The van der Waals surface area contributed by atoms with Crippen LogP contribution in [0.3, 0.4) is 0 Å². The molecule has 1 saturated heterocycles. The number of para-hydroxylation sites is 1. The highest BCUT2D eigenvalue weighted by Crippen LogP contribution is 2.41. The van der Waals surface area contributed by atoms with Crippen molar-refractivity contribution in [2.75, 3.05) is 34.4 Å². The van der Waals surface area contributed by atoms with Crippen molar-refractivity contribution in [1.29, 1.82) is 0 Å². The quantitative estimate of drug-likeness (QED) is 0.216. The van der Waals surface area contributed by atoms with E-state index in [-0.39, 0.29) is 5.91 Å². The second kappa shape index (κ2) is 12.7. The number of aromatic nitrogens is 1. The van der Waals surface area contributed by atoms with E-state index >= 15 is 0 Å². The number of likely N-dealkylation sites (tertiary alicyclic amines) is 1. The van der Waals surface area contributed by atoms with Crippen molar-refractivity contribution in [2.24, 2.45) is 4.99 Å². The first-order valence-corrected chi connectivity index (χ1v) is 14.1. The largest absolute Gasteiger partial charge is 0.493 e. The maximum absolute atomic E-state index is 12.2. The first-order valence-electron chi connectivity index (χ1n) is 13.2. The number of carbonyl (C=O) groups is 1. The molecule has 0 N–H and O–H groups in total. The Morgan fingerprint density at radius 1 is 0.875 bits per heavy atom. The number of benzene rings is 3. The van der Waals surface area contributed by atoms with Crippen molar-refractivity contribution in [3.8, 4) is 40.0 Å². The van der Waals surface area contributed by atoms with Crippen molar-refractivity contribution in [3.63, 3.8) is 0 Å². The molecule has 1 amide bonds. The molecule has 5 rings (SSSR count). The van der Waals surface area contributed by atoms with Crippen LogP contribution in [0.5, 0.6) is 28.7 Å². The molecule has 0 atom stereocenters. The van der Waals surface area contributed by atoms with E-state index in [2.05, 4.69) is 9.95 Å². The summed E-state index contributed by atoms with van der Waals surface area (Å²) >= 11 is 1.56. The van der Waals surface area contributed by atoms with Gasteiger partial charge in [0.1, 0.15) is 11.5 Å². The first-order chi connectivity index (χ1) is 19.6. The number of thiazole rings is 1. The molecule has 0 saturated carbocycles. The van der Waals surface area contributed by atoms with Gasteiger partial charge in [0.15, 0.2) is 16.3 Å². The summed E-state index contributed by atoms with van der Waals surface area (Å²) < 4.78 is 24.9. The molecule has 0 unspecified atom stereocenters. The first kappa shape index (κ1) is 27.3. The Balaban J connectivity index is 1.47. The number of carbonyl (C=O) groups excluding carboxylic acids is 1. The molecular weight excluding hydrogens is 526 g/mol. The predicted molar refractivity (Wildman–Crippen MR) is 156 cm³/mol. The predicted octanol–water partition coefficient (Wildman–Crippen LogP) is 6.28. The van der Waals surface area contributed by atoms with Gasteiger partial charge in [0.25, 0.3) is 0 Å². The molecule has 8 nitrogen and oxygen atoms in total. The number of ether oxygens (including phenoxy) is 4. The second-order valence-electron chi connectivity index (χ2n) is 9.33. The summed E-state index contributed by atoms with van der Waals surface area (Å²) in [5, 5.41) is 2.09. The molecular formula is C31H33N3O5S. The van der Waals surface area contributed by atoms with Gasteiger partial charge in [-0.2, -0.15) is 0 Å². The van der Waals surface area contributed by atoms with Crippen LogP contribution in [0.1, 0.15) is 19.3 Å². The number of methoxy groups -OCH3 is 3. The number of nitrogens with zero attached hydrogens (tertiary/aromatic N) is 3. The van der Waals surface area contributed by atoms with Crippen LogP contribution in [0.25, 0.3) is 11.3 Å². The third-order valence-electron chi connectivity index (χ3n) is 6.78. The van der Waals surface area contributed by atoms with Crippen LogP contribution in [-0.4, -0.2) is 49.8 Å². The normalized spacial score (nSPS) is 13.5. The van der Waals surface area contributed by atoms with E-state index in [1.165, 1.54) is 0 Å². The van der Waals surface area contributed by atoms with Gasteiger partial charge in [-0.25, -0.2) is 4.99 Å². The second-order valence-corrected chi connectivity index (χ2v) is 10.2. The van der Waals surface area contributed by atoms with Crippen molar-refractivity contribution in [2.45, 2.75) is 25.8 Å². The molecule has 0 bridgehead atoms. The number of hydrogen-bond donors (Lipinski definition) is 0. The van der Waals surface area contributed by atoms with E-state index in [0.717, 1.165) is 59.2 Å². The monoisotopic (exact) mass is 559 g/mol. The van der Waals surface area contributed by atoms with Gasteiger partial charge in [-0.15, -0.1) is 11.3 Å². The molecule has 0 radical (unpaired) electrons. The van der Waals surface area contributed by atoms with E-state index in [4.69, 9.17) is 23.9 Å². The van der Waals surface area contributed by atoms with E-state index in [9.17, 15) is 4.79 Å². The van der Waals surface area contributed by atoms with Crippen molar-refractivity contribution < 1.29 is 23.7 Å². The third-order valence-corrected chi connectivity index (χ3v) is 7.64. The van der Waals surface area contributed by atoms with Gasteiger partial charge in [-0.3, -0.25) is 4.79 Å². The Bertz CT molecular complexity index is 1490. The zero-order chi connectivity index (χ0) is 27.9. The molecule has 208 valence electrons. The summed E-state index contributed by atoms with van der Waals surface area (Å²) in [6.45, 7) is 2.26. The highest BCUT2D eigenvalue weighted by molar-refractivity contribution is 7.07. The highest BCUT2D eigenvalue weighted by Gasteiger charge is 2.20. The lowest BCUT2D eigenvalue weighted by molar-refractivity contribution is -0.127. The standard InChI is InChI=1S/C31H33N3O5S/c1-36-27-19-22(20-28(37-2)30(27)38-3)26-21-40-31(34(26)18-8-17-33-16-7-11-29(33)35)32-23-12-14-25(15-13-23)39-24-9-5-4-6-10-24/h4-6,9-10,12-15,19-21H,7-8,11,16-18H2,1-3H3. The Kier molecular flexibility index (Phi) is 8.71. The maximum Gasteiger partial charge on any atom is 0.222 e. The summed E-state index contributed by atoms with van der Waals surface area (Å²) in [6, 6.07) is 21.3. The fourth-order valence-corrected chi connectivity index (χ4v) is 5.73. The molecule has 1 fully saturated rings. The number of hydrogen-bond acceptors (Lipinski definition) is 7. The van der Waals surface area contributed by atoms with Crippen molar-refractivity contribution in [1.82, 2.24) is 9.47 Å². The zero-order valence-corrected chi connectivity index (χ0v) is 23.8. The summed E-state index contributed by atoms with van der Waals surface area (Å²) in [6.07, 6.45) is 2.40. The smallest absolute Gasteiger partial charge is 0.222 e. The van der Waals surface area contributed by atoms with Gasteiger partial charge < -0.3 is 28.4 Å². The molecule has 0 aliphatic carbocycles. The summed E-state index contributed by atoms with van der Waals surface area (Å²) in [4.78, 5) is 19.9. The fourth-order valence-electron chi connectivity index (χ4n) is 4.78. The van der Waals surface area contributed by atoms with Crippen LogP contribution in [0.15, 0.2) is 77.1 Å². The minimum Gasteiger partial charge on any atom is -0.493 e. The number of amides is 1. The van der Waals surface area contributed by atoms with Gasteiger partial charge in [0.05, 0.1) is 32.7 Å². The van der Waals surface area contributed by atoms with Gasteiger partial charge in [-0.1, -0.05) is 18.2 Å². The maximum atomic E-state index is 12.2. The molecule has 4 aromatic rings. The average molecular weight is 560 g/mol. The SMILES string of the molecule is COc1cc(-c2csc(=Nc3ccc(Oc4ccccc4)cc3)n2CCCN2CCCC2=O)cc(OC)c1OC. The fraction of sp³-hybridized carbons (Fsp3) is 0.290. The van der Waals surface area contributed by atoms with E-state index in [0.29, 0.717) is 30.2 Å². The Hall–Kier alpha value is -4.24. The van der Waals surface area contributed by atoms with Crippen LogP contribution in [-0.2, 0) is 11.3 Å². The number of rotatable bonds is 11. The molecule has 1 aliphatic rings. The Labute approximate surface area is 238 Å². The van der Waals surface area contributed by atoms with E-state index < -0.39 is 0 Å². The molecule has 40 heavy (non-hydrogen) atoms. The Morgan fingerprint density at radius 2 is 1.57 bits per heavy atom. The van der Waals surface area contributed by atoms with Crippen LogP contribution >= 0.6 is 11.3 Å².